The molecule has 0 heterocycles. The van der Waals surface area contributed by atoms with E-state index in [9.17, 15) is 14.4 Å². The van der Waals surface area contributed by atoms with Crippen LogP contribution in [0.5, 0.6) is 0 Å². The van der Waals surface area contributed by atoms with Crippen molar-refractivity contribution in [3.05, 3.63) is 24.3 Å². The summed E-state index contributed by atoms with van der Waals surface area (Å²) in [4.78, 5) is 37.7. The topological polar surface area (TPSA) is 78.9 Å². The number of carbonyl (C=O) groups is 3. The van der Waals surface area contributed by atoms with Crippen LogP contribution in [0.4, 0.5) is 0 Å². The Hall–Kier alpha value is -1.36. The Morgan fingerprint density at radius 1 is 0.951 bits per heavy atom. The molecule has 0 saturated heterocycles. The van der Waals surface area contributed by atoms with Crippen molar-refractivity contribution < 1.29 is 28.0 Å². The van der Waals surface area contributed by atoms with Crippen LogP contribution in [0.1, 0.15) is 99.8 Å². The molecule has 1 aliphatic rings. The Kier molecular flexibility index (Phi) is 14.6. The number of rotatable bonds is 16. The number of hydrogen-bond acceptors (Lipinski definition) is 6. The fraction of sp³-hybridized carbons (Fsp3) is 0.788. The maximum absolute atomic E-state index is 13.4. The summed E-state index contributed by atoms with van der Waals surface area (Å²) in [6.45, 7) is 24.6. The number of unbranched alkanes of at least 4 members (excludes halogenated alkanes) is 2. The predicted molar refractivity (Wildman–Crippen MR) is 174 cm³/mol. The molecule has 6 nitrogen and oxygen atoms in total. The highest BCUT2D eigenvalue weighted by molar-refractivity contribution is 6.74. The summed E-state index contributed by atoms with van der Waals surface area (Å²) in [5.74, 6) is -0.831. The molecule has 1 saturated carbocycles. The smallest absolute Gasteiger partial charge is 0.309 e. The molecule has 0 bridgehead atoms. The number of allylic oxidation sites excluding steroid dienone is 1. The quantitative estimate of drug-likeness (QED) is 0.0756. The lowest BCUT2D eigenvalue weighted by molar-refractivity contribution is -0.139. The van der Waals surface area contributed by atoms with E-state index in [1.165, 1.54) is 7.11 Å². The second-order valence-corrected chi connectivity index (χ2v) is 24.3. The summed E-state index contributed by atoms with van der Waals surface area (Å²) < 4.78 is 18.3. The molecule has 1 fully saturated rings. The van der Waals surface area contributed by atoms with Gasteiger partial charge in [0.1, 0.15) is 11.6 Å². The second kappa shape index (κ2) is 15.9. The lowest BCUT2D eigenvalue weighted by Gasteiger charge is -2.40. The molecule has 4 atom stereocenters. The summed E-state index contributed by atoms with van der Waals surface area (Å²) >= 11 is 0. The van der Waals surface area contributed by atoms with E-state index in [0.29, 0.717) is 6.42 Å². The minimum atomic E-state index is -2.15. The first-order chi connectivity index (χ1) is 18.8. The van der Waals surface area contributed by atoms with E-state index in [1.54, 1.807) is 12.2 Å². The molecule has 8 heteroatoms. The fourth-order valence-corrected chi connectivity index (χ4v) is 7.20. The van der Waals surface area contributed by atoms with Crippen molar-refractivity contribution in [2.45, 2.75) is 148 Å². The molecule has 41 heavy (non-hydrogen) atoms. The molecule has 0 aromatic heterocycles. The summed E-state index contributed by atoms with van der Waals surface area (Å²) in [6.07, 6.45) is 12.6. The van der Waals surface area contributed by atoms with Crippen LogP contribution < -0.4 is 0 Å². The van der Waals surface area contributed by atoms with Crippen molar-refractivity contribution in [1.82, 2.24) is 0 Å². The molecule has 0 spiro atoms. The van der Waals surface area contributed by atoms with Gasteiger partial charge in [-0.25, -0.2) is 0 Å². The van der Waals surface area contributed by atoms with Crippen LogP contribution in [0.15, 0.2) is 24.3 Å². The summed E-state index contributed by atoms with van der Waals surface area (Å²) in [6, 6.07) is 0. The Bertz CT molecular complexity index is 923. The fourth-order valence-electron chi connectivity index (χ4n) is 4.55. The minimum absolute atomic E-state index is 0.00661. The van der Waals surface area contributed by atoms with E-state index in [4.69, 9.17) is 8.85 Å². The van der Waals surface area contributed by atoms with Gasteiger partial charge in [0.05, 0.1) is 25.7 Å². The Labute approximate surface area is 253 Å². The summed E-state index contributed by atoms with van der Waals surface area (Å²) in [5, 5.41) is 0.105. The molecule has 236 valence electrons. The monoisotopic (exact) mass is 608 g/mol. The van der Waals surface area contributed by atoms with Gasteiger partial charge in [-0.15, -0.1) is 0 Å². The maximum atomic E-state index is 13.4. The molecule has 0 amide bonds. The zero-order chi connectivity index (χ0) is 31.6. The number of carbonyl (C=O) groups excluding carboxylic acids is 3. The molecule has 0 N–H and O–H groups in total. The van der Waals surface area contributed by atoms with Gasteiger partial charge in [0.15, 0.2) is 16.6 Å². The SMILES string of the molecule is CCCCCC(/C=C/C1C(O[Si](C)(C)C(C)(C)C)CC(=O)C1CC(=O)C/C=C/CC(=O)OC)O[Si](C)(C)C(C)(C)C. The number of esters is 1. The van der Waals surface area contributed by atoms with E-state index >= 15 is 0 Å². The van der Waals surface area contributed by atoms with Crippen molar-refractivity contribution >= 4 is 34.2 Å². The maximum Gasteiger partial charge on any atom is 0.309 e. The minimum Gasteiger partial charge on any atom is -0.469 e. The number of Topliss-reactive ketones (excluding diaryl/α,β-unsaturated/α-hetero) is 2. The number of ketones is 2. The first-order valence-corrected chi connectivity index (χ1v) is 21.4. The summed E-state index contributed by atoms with van der Waals surface area (Å²) in [7, 11) is -2.81. The Balaban J connectivity index is 3.29. The van der Waals surface area contributed by atoms with Crippen molar-refractivity contribution in [3.8, 4) is 0 Å². The van der Waals surface area contributed by atoms with Crippen molar-refractivity contribution in [1.29, 1.82) is 0 Å². The predicted octanol–water partition coefficient (Wildman–Crippen LogP) is 8.58. The standard InChI is InChI=1S/C33H60O6Si2/c1-13-14-15-19-26(38-40(9,10)32(2,3)4)21-22-27-28(23-25(34)18-16-17-20-31(36)37-8)29(35)24-30(27)39-41(11,12)33(5,6)7/h16-17,21-22,26-28,30H,13-15,18-20,23-24H2,1-12H3/b17-16+,22-21+. The van der Waals surface area contributed by atoms with E-state index in [0.717, 1.165) is 25.7 Å². The number of ether oxygens (including phenoxy) is 1. The van der Waals surface area contributed by atoms with E-state index < -0.39 is 22.6 Å². The lowest BCUT2D eigenvalue weighted by Crippen LogP contribution is -2.45. The summed E-state index contributed by atoms with van der Waals surface area (Å²) in [5.41, 5.74) is 0. The normalized spacial score (nSPS) is 21.7. The van der Waals surface area contributed by atoms with Crippen LogP contribution >= 0.6 is 0 Å². The van der Waals surface area contributed by atoms with E-state index in [1.807, 2.05) is 0 Å². The van der Waals surface area contributed by atoms with Gasteiger partial charge >= 0.3 is 5.97 Å². The lowest BCUT2D eigenvalue weighted by atomic mass is 9.88. The van der Waals surface area contributed by atoms with Gasteiger partial charge in [-0.05, 0) is 42.7 Å². The van der Waals surface area contributed by atoms with Crippen LogP contribution in [0, 0.1) is 11.8 Å². The van der Waals surface area contributed by atoms with Crippen LogP contribution in [0.25, 0.3) is 0 Å². The average Bonchev–Trinajstić information content (AvgIpc) is 3.11. The van der Waals surface area contributed by atoms with Gasteiger partial charge in [-0.3, -0.25) is 14.4 Å². The van der Waals surface area contributed by atoms with Crippen LogP contribution in [-0.2, 0) is 28.0 Å². The zero-order valence-electron chi connectivity index (χ0n) is 28.2. The van der Waals surface area contributed by atoms with Gasteiger partial charge in [-0.1, -0.05) is 92.0 Å². The number of methoxy groups -OCH3 is 1. The largest absolute Gasteiger partial charge is 0.469 e. The van der Waals surface area contributed by atoms with Crippen LogP contribution in [0.3, 0.4) is 0 Å². The Morgan fingerprint density at radius 2 is 1.54 bits per heavy atom. The van der Waals surface area contributed by atoms with Crippen LogP contribution in [0.2, 0.25) is 36.3 Å². The average molecular weight is 609 g/mol. The molecule has 0 aromatic carbocycles. The van der Waals surface area contributed by atoms with Gasteiger partial charge in [0.25, 0.3) is 0 Å². The van der Waals surface area contributed by atoms with Crippen LogP contribution in [-0.4, -0.2) is 53.5 Å². The highest BCUT2D eigenvalue weighted by Crippen LogP contribution is 2.43. The molecular weight excluding hydrogens is 549 g/mol. The molecule has 0 aromatic rings. The molecule has 0 radical (unpaired) electrons. The molecule has 4 unspecified atom stereocenters. The third kappa shape index (κ3) is 12.0. The molecular formula is C33H60O6Si2. The van der Waals surface area contributed by atoms with Gasteiger partial charge < -0.3 is 13.6 Å². The first-order valence-electron chi connectivity index (χ1n) is 15.6. The Morgan fingerprint density at radius 3 is 2.07 bits per heavy atom. The zero-order valence-corrected chi connectivity index (χ0v) is 30.2. The van der Waals surface area contributed by atoms with E-state index in [-0.39, 0.29) is 65.0 Å². The van der Waals surface area contributed by atoms with Crippen molar-refractivity contribution in [2.24, 2.45) is 11.8 Å². The van der Waals surface area contributed by atoms with E-state index in [2.05, 4.69) is 91.5 Å². The third-order valence-corrected chi connectivity index (χ3v) is 18.3. The van der Waals surface area contributed by atoms with Gasteiger partial charge in [-0.2, -0.15) is 0 Å². The van der Waals surface area contributed by atoms with Crippen molar-refractivity contribution in [3.63, 3.8) is 0 Å². The molecule has 0 aliphatic heterocycles. The van der Waals surface area contributed by atoms with Gasteiger partial charge in [0, 0.05) is 31.1 Å². The van der Waals surface area contributed by atoms with Gasteiger partial charge in [0.2, 0.25) is 0 Å². The highest BCUT2D eigenvalue weighted by atomic mass is 28.4. The third-order valence-electron chi connectivity index (χ3n) is 9.33. The molecule has 1 aliphatic carbocycles. The van der Waals surface area contributed by atoms with Crippen molar-refractivity contribution in [2.75, 3.05) is 7.11 Å². The second-order valence-electron chi connectivity index (χ2n) is 14.8. The first kappa shape index (κ1) is 37.7. The highest BCUT2D eigenvalue weighted by Gasteiger charge is 2.47. The number of hydrogen-bond donors (Lipinski definition) is 0. The molecule has 1 rings (SSSR count).